The van der Waals surface area contributed by atoms with E-state index in [4.69, 9.17) is 4.74 Å². The molecule has 7 heteroatoms. The third-order valence-electron chi connectivity index (χ3n) is 4.99. The normalized spacial score (nSPS) is 15.9. The van der Waals surface area contributed by atoms with Crippen molar-refractivity contribution in [1.29, 1.82) is 0 Å². The first-order valence-electron chi connectivity index (χ1n) is 8.96. The molecule has 0 spiro atoms. The lowest BCUT2D eigenvalue weighted by Crippen LogP contribution is -2.32. The molecule has 2 aromatic carbocycles. The van der Waals surface area contributed by atoms with Gasteiger partial charge in [-0.2, -0.15) is 5.10 Å². The SMILES string of the molecule is COCCN1C(=O)c2[nH]nc(-c3ccccc3O)c2[C@@H]1c1ccc(SC)cc1. The predicted octanol–water partition coefficient (Wildman–Crippen LogP) is 3.70. The fourth-order valence-electron chi connectivity index (χ4n) is 3.63. The highest BCUT2D eigenvalue weighted by molar-refractivity contribution is 7.98. The fourth-order valence-corrected chi connectivity index (χ4v) is 4.04. The number of para-hydroxylation sites is 1. The number of nitrogens with one attached hydrogen (secondary N) is 1. The molecule has 1 atom stereocenters. The molecule has 3 aromatic rings. The van der Waals surface area contributed by atoms with Gasteiger partial charge in [-0.3, -0.25) is 9.89 Å². The molecule has 0 bridgehead atoms. The van der Waals surface area contributed by atoms with Crippen molar-refractivity contribution in [3.8, 4) is 17.0 Å². The lowest BCUT2D eigenvalue weighted by molar-refractivity contribution is 0.0677. The summed E-state index contributed by atoms with van der Waals surface area (Å²) in [4.78, 5) is 16.0. The van der Waals surface area contributed by atoms with Crippen LogP contribution in [0.3, 0.4) is 0 Å². The molecule has 0 fully saturated rings. The Kier molecular flexibility index (Phi) is 5.11. The standard InChI is InChI=1S/C21H21N3O3S/c1-27-12-11-24-20(13-7-9-14(28-2)10-8-13)17-18(22-23-19(17)21(24)26)15-5-3-4-6-16(15)25/h3-10,20,25H,11-12H2,1-2H3,(H,22,23)/t20-/m0/s1. The Bertz CT molecular complexity index is 1000. The molecule has 0 radical (unpaired) electrons. The summed E-state index contributed by atoms with van der Waals surface area (Å²) in [5.74, 6) is 0.0243. The number of phenols is 1. The molecule has 0 unspecified atom stereocenters. The van der Waals surface area contributed by atoms with Crippen LogP contribution in [0.2, 0.25) is 0 Å². The van der Waals surface area contributed by atoms with Gasteiger partial charge in [-0.1, -0.05) is 24.3 Å². The molecule has 2 heterocycles. The first-order chi connectivity index (χ1) is 13.7. The van der Waals surface area contributed by atoms with E-state index < -0.39 is 0 Å². The van der Waals surface area contributed by atoms with Crippen molar-refractivity contribution in [2.24, 2.45) is 0 Å². The number of fused-ring (bicyclic) bond motifs is 1. The maximum atomic E-state index is 13.1. The van der Waals surface area contributed by atoms with E-state index in [1.54, 1.807) is 35.9 Å². The molecule has 1 amide bonds. The quantitative estimate of drug-likeness (QED) is 0.623. The van der Waals surface area contributed by atoms with E-state index in [9.17, 15) is 9.90 Å². The maximum absolute atomic E-state index is 13.1. The average molecular weight is 395 g/mol. The molecule has 1 aliphatic rings. The lowest BCUT2D eigenvalue weighted by atomic mass is 9.96. The van der Waals surface area contributed by atoms with Crippen LogP contribution in [0.1, 0.15) is 27.7 Å². The van der Waals surface area contributed by atoms with Crippen LogP contribution in [0.25, 0.3) is 11.3 Å². The zero-order valence-corrected chi connectivity index (χ0v) is 16.5. The van der Waals surface area contributed by atoms with Crippen molar-refractivity contribution in [2.45, 2.75) is 10.9 Å². The van der Waals surface area contributed by atoms with Crippen LogP contribution in [0.4, 0.5) is 0 Å². The van der Waals surface area contributed by atoms with Crippen LogP contribution in [-0.4, -0.2) is 52.6 Å². The van der Waals surface area contributed by atoms with Gasteiger partial charge in [0, 0.05) is 29.7 Å². The van der Waals surface area contributed by atoms with Gasteiger partial charge in [-0.15, -0.1) is 11.8 Å². The molecular formula is C21H21N3O3S. The first-order valence-corrected chi connectivity index (χ1v) is 10.2. The molecule has 144 valence electrons. The first kappa shape index (κ1) is 18.6. The number of H-pyrrole nitrogens is 1. The molecule has 4 rings (SSSR count). The molecule has 1 aliphatic heterocycles. The second kappa shape index (κ2) is 7.69. The number of aromatic nitrogens is 2. The smallest absolute Gasteiger partial charge is 0.273 e. The average Bonchev–Trinajstić information content (AvgIpc) is 3.26. The number of carbonyl (C=O) groups is 1. The van der Waals surface area contributed by atoms with E-state index in [1.165, 1.54) is 0 Å². The minimum absolute atomic E-state index is 0.111. The van der Waals surface area contributed by atoms with Gasteiger partial charge in [0.05, 0.1) is 12.6 Å². The van der Waals surface area contributed by atoms with Crippen LogP contribution in [0.15, 0.2) is 53.4 Å². The third-order valence-corrected chi connectivity index (χ3v) is 5.73. The number of nitrogens with zero attached hydrogens (tertiary/aromatic N) is 2. The number of phenolic OH excluding ortho intramolecular Hbond substituents is 1. The topological polar surface area (TPSA) is 78.5 Å². The van der Waals surface area contributed by atoms with E-state index in [0.29, 0.717) is 30.1 Å². The van der Waals surface area contributed by atoms with Crippen LogP contribution in [-0.2, 0) is 4.74 Å². The highest BCUT2D eigenvalue weighted by Gasteiger charge is 2.42. The minimum Gasteiger partial charge on any atom is -0.507 e. The number of rotatable bonds is 6. The largest absolute Gasteiger partial charge is 0.507 e. The molecular weight excluding hydrogens is 374 g/mol. The van der Waals surface area contributed by atoms with Gasteiger partial charge in [-0.25, -0.2) is 0 Å². The van der Waals surface area contributed by atoms with E-state index in [0.717, 1.165) is 16.0 Å². The zero-order chi connectivity index (χ0) is 19.7. The molecule has 1 aromatic heterocycles. The fraction of sp³-hybridized carbons (Fsp3) is 0.238. The molecule has 0 aliphatic carbocycles. The summed E-state index contributed by atoms with van der Waals surface area (Å²) >= 11 is 1.67. The lowest BCUT2D eigenvalue weighted by Gasteiger charge is -2.26. The monoisotopic (exact) mass is 395 g/mol. The summed E-state index contributed by atoms with van der Waals surface area (Å²) in [7, 11) is 1.62. The number of aromatic hydroxyl groups is 1. The van der Waals surface area contributed by atoms with Gasteiger partial charge >= 0.3 is 0 Å². The van der Waals surface area contributed by atoms with Gasteiger partial charge in [0.2, 0.25) is 0 Å². The van der Waals surface area contributed by atoms with Crippen LogP contribution in [0, 0.1) is 0 Å². The van der Waals surface area contributed by atoms with Crippen LogP contribution >= 0.6 is 11.8 Å². The molecule has 28 heavy (non-hydrogen) atoms. The number of hydrogen-bond acceptors (Lipinski definition) is 5. The van der Waals surface area contributed by atoms with Gasteiger partial charge in [0.15, 0.2) is 0 Å². The van der Waals surface area contributed by atoms with Gasteiger partial charge < -0.3 is 14.7 Å². The second-order valence-electron chi connectivity index (χ2n) is 6.55. The van der Waals surface area contributed by atoms with Crippen molar-refractivity contribution in [1.82, 2.24) is 15.1 Å². The summed E-state index contributed by atoms with van der Waals surface area (Å²) in [6.45, 7) is 0.905. The van der Waals surface area contributed by atoms with E-state index in [-0.39, 0.29) is 17.7 Å². The second-order valence-corrected chi connectivity index (χ2v) is 7.42. The highest BCUT2D eigenvalue weighted by atomic mass is 32.2. The van der Waals surface area contributed by atoms with Crippen molar-refractivity contribution in [3.63, 3.8) is 0 Å². The zero-order valence-electron chi connectivity index (χ0n) is 15.7. The van der Waals surface area contributed by atoms with E-state index in [2.05, 4.69) is 22.3 Å². The third kappa shape index (κ3) is 3.06. The number of methoxy groups -OCH3 is 1. The van der Waals surface area contributed by atoms with Gasteiger partial charge in [-0.05, 0) is 36.1 Å². The Balaban J connectivity index is 1.86. The summed E-state index contributed by atoms with van der Waals surface area (Å²) in [6.07, 6.45) is 2.03. The summed E-state index contributed by atoms with van der Waals surface area (Å²) in [5.41, 5.74) is 3.46. The molecule has 2 N–H and O–H groups in total. The number of ether oxygens (including phenoxy) is 1. The Hall–Kier alpha value is -2.77. The Labute approximate surface area is 167 Å². The van der Waals surface area contributed by atoms with E-state index >= 15 is 0 Å². The maximum Gasteiger partial charge on any atom is 0.273 e. The summed E-state index contributed by atoms with van der Waals surface area (Å²) in [6, 6.07) is 14.9. The Morgan fingerprint density at radius 1 is 1.21 bits per heavy atom. The van der Waals surface area contributed by atoms with Gasteiger partial charge in [0.1, 0.15) is 17.1 Å². The van der Waals surface area contributed by atoms with Crippen molar-refractivity contribution in [2.75, 3.05) is 26.5 Å². The summed E-state index contributed by atoms with van der Waals surface area (Å²) in [5, 5.41) is 17.6. The molecule has 6 nitrogen and oxygen atoms in total. The minimum atomic E-state index is -0.290. The number of carbonyl (C=O) groups excluding carboxylic acids is 1. The van der Waals surface area contributed by atoms with Gasteiger partial charge in [0.25, 0.3) is 5.91 Å². The number of benzene rings is 2. The predicted molar refractivity (Wildman–Crippen MR) is 109 cm³/mol. The molecule has 0 saturated carbocycles. The van der Waals surface area contributed by atoms with Crippen molar-refractivity contribution >= 4 is 17.7 Å². The van der Waals surface area contributed by atoms with Crippen molar-refractivity contribution in [3.05, 3.63) is 65.4 Å². The number of thioether (sulfide) groups is 1. The number of aromatic amines is 1. The van der Waals surface area contributed by atoms with Crippen LogP contribution in [0.5, 0.6) is 5.75 Å². The van der Waals surface area contributed by atoms with Crippen molar-refractivity contribution < 1.29 is 14.6 Å². The van der Waals surface area contributed by atoms with Crippen LogP contribution < -0.4 is 0 Å². The molecule has 0 saturated heterocycles. The number of amides is 1. The highest BCUT2D eigenvalue weighted by Crippen LogP contribution is 2.44. The Morgan fingerprint density at radius 2 is 1.96 bits per heavy atom. The summed E-state index contributed by atoms with van der Waals surface area (Å²) < 4.78 is 5.22. The van der Waals surface area contributed by atoms with E-state index in [1.807, 2.05) is 30.5 Å². The Morgan fingerprint density at radius 3 is 2.64 bits per heavy atom. The number of hydrogen-bond donors (Lipinski definition) is 2.